The molecule has 2 aromatic heterocycles. The van der Waals surface area contributed by atoms with Crippen molar-refractivity contribution in [1.82, 2.24) is 14.2 Å². The molecule has 8 heteroatoms. The van der Waals surface area contributed by atoms with E-state index in [1.54, 1.807) is 31.2 Å². The molecule has 0 unspecified atom stereocenters. The van der Waals surface area contributed by atoms with Crippen LogP contribution in [0.2, 0.25) is 0 Å². The molecule has 0 aliphatic rings. The summed E-state index contributed by atoms with van der Waals surface area (Å²) in [6, 6.07) is 8.74. The quantitative estimate of drug-likeness (QED) is 0.698. The van der Waals surface area contributed by atoms with Crippen molar-refractivity contribution in [2.24, 2.45) is 12.1 Å². The van der Waals surface area contributed by atoms with Gasteiger partial charge in [-0.1, -0.05) is 12.1 Å². The molecule has 0 aliphatic carbocycles. The van der Waals surface area contributed by atoms with Gasteiger partial charge in [-0.15, -0.1) is 0 Å². The van der Waals surface area contributed by atoms with Gasteiger partial charge in [0.2, 0.25) is 5.88 Å². The first-order valence-corrected chi connectivity index (χ1v) is 7.72. The molecule has 0 saturated heterocycles. The minimum Gasteiger partial charge on any atom is -0.494 e. The second-order valence-electron chi connectivity index (χ2n) is 5.75. The summed E-state index contributed by atoms with van der Waals surface area (Å²) in [5.41, 5.74) is -0.00611. The lowest BCUT2D eigenvalue weighted by Gasteiger charge is -2.10. The van der Waals surface area contributed by atoms with Gasteiger partial charge in [-0.05, 0) is 31.5 Å². The lowest BCUT2D eigenvalue weighted by Crippen LogP contribution is -2.23. The number of pyridine rings is 1. The molecule has 3 rings (SSSR count). The van der Waals surface area contributed by atoms with Gasteiger partial charge in [0, 0.05) is 7.05 Å². The highest BCUT2D eigenvalue weighted by atomic mass is 16.3. The number of nitrogens with zero attached hydrogens (tertiary/aromatic N) is 5. The van der Waals surface area contributed by atoms with Crippen LogP contribution in [0.4, 0.5) is 0 Å². The number of aromatic nitrogens is 3. The Balaban J connectivity index is 2.23. The van der Waals surface area contributed by atoms with Crippen LogP contribution in [0.25, 0.3) is 10.9 Å². The Hall–Kier alpha value is -3.73. The Morgan fingerprint density at radius 2 is 1.92 bits per heavy atom. The summed E-state index contributed by atoms with van der Waals surface area (Å²) in [6.07, 6.45) is 1.25. The number of nitriles is 1. The van der Waals surface area contributed by atoms with Crippen LogP contribution in [0, 0.1) is 25.2 Å². The molecule has 0 aliphatic heterocycles. The largest absolute Gasteiger partial charge is 0.494 e. The van der Waals surface area contributed by atoms with E-state index in [-0.39, 0.29) is 28.1 Å². The number of hydrogen-bond donors (Lipinski definition) is 1. The lowest BCUT2D eigenvalue weighted by atomic mass is 10.1. The van der Waals surface area contributed by atoms with Crippen molar-refractivity contribution in [3.05, 3.63) is 67.5 Å². The lowest BCUT2D eigenvalue weighted by molar-refractivity contribution is 0.421. The highest BCUT2D eigenvalue weighted by Gasteiger charge is 2.16. The number of para-hydroxylation sites is 1. The molecule has 130 valence electrons. The average molecular weight is 349 g/mol. The first-order valence-electron chi connectivity index (χ1n) is 7.72. The SMILES string of the molecule is Cc1c(C=Nn2c(C)nc3ccccc3c2=O)c(O)n(C)c(=O)c1C#N. The monoisotopic (exact) mass is 349 g/mol. The predicted molar refractivity (Wildman–Crippen MR) is 96.5 cm³/mol. The summed E-state index contributed by atoms with van der Waals surface area (Å²) in [5.74, 6) is 0.0297. The predicted octanol–water partition coefficient (Wildman–Crippen LogP) is 1.17. The number of fused-ring (bicyclic) bond motifs is 1. The molecule has 0 atom stereocenters. The van der Waals surface area contributed by atoms with Crippen LogP contribution >= 0.6 is 0 Å². The number of rotatable bonds is 2. The second kappa shape index (κ2) is 6.29. The van der Waals surface area contributed by atoms with Crippen molar-refractivity contribution >= 4 is 17.1 Å². The molecule has 1 aromatic carbocycles. The Morgan fingerprint density at radius 1 is 1.23 bits per heavy atom. The fourth-order valence-corrected chi connectivity index (χ4v) is 2.68. The number of hydrogen-bond acceptors (Lipinski definition) is 6. The Kier molecular flexibility index (Phi) is 4.14. The van der Waals surface area contributed by atoms with Crippen molar-refractivity contribution in [2.75, 3.05) is 0 Å². The standard InChI is InChI=1S/C18H15N5O3/c1-10-13(8-19)16(24)22(3)17(25)14(10)9-20-23-11(2)21-15-7-5-4-6-12(15)18(23)26/h4-7,9,25H,1-3H3. The third kappa shape index (κ3) is 2.56. The van der Waals surface area contributed by atoms with Crippen LogP contribution in [-0.2, 0) is 7.05 Å². The highest BCUT2D eigenvalue weighted by molar-refractivity contribution is 5.85. The maximum Gasteiger partial charge on any atom is 0.282 e. The van der Waals surface area contributed by atoms with E-state index in [9.17, 15) is 20.0 Å². The molecule has 1 N–H and O–H groups in total. The van der Waals surface area contributed by atoms with Gasteiger partial charge < -0.3 is 5.11 Å². The molecule has 26 heavy (non-hydrogen) atoms. The first kappa shape index (κ1) is 17.1. The summed E-state index contributed by atoms with van der Waals surface area (Å²) in [4.78, 5) is 29.0. The van der Waals surface area contributed by atoms with Gasteiger partial charge in [-0.25, -0.2) is 4.98 Å². The zero-order chi connectivity index (χ0) is 19.0. The molecule has 0 saturated carbocycles. The zero-order valence-corrected chi connectivity index (χ0v) is 14.4. The van der Waals surface area contributed by atoms with Crippen molar-refractivity contribution < 1.29 is 5.11 Å². The normalized spacial score (nSPS) is 11.2. The summed E-state index contributed by atoms with van der Waals surface area (Å²) >= 11 is 0. The van der Waals surface area contributed by atoms with Crippen LogP contribution in [0.5, 0.6) is 5.88 Å². The minimum atomic E-state index is -0.597. The number of aryl methyl sites for hydroxylation is 1. The Morgan fingerprint density at radius 3 is 2.62 bits per heavy atom. The van der Waals surface area contributed by atoms with Crippen molar-refractivity contribution in [3.63, 3.8) is 0 Å². The van der Waals surface area contributed by atoms with E-state index < -0.39 is 5.56 Å². The van der Waals surface area contributed by atoms with Gasteiger partial charge in [-0.2, -0.15) is 15.0 Å². The first-order chi connectivity index (χ1) is 12.4. The highest BCUT2D eigenvalue weighted by Crippen LogP contribution is 2.18. The van der Waals surface area contributed by atoms with Gasteiger partial charge in [0.15, 0.2) is 0 Å². The van der Waals surface area contributed by atoms with Crippen LogP contribution in [-0.4, -0.2) is 25.5 Å². The zero-order valence-electron chi connectivity index (χ0n) is 14.4. The van der Waals surface area contributed by atoms with Crippen molar-refractivity contribution in [2.45, 2.75) is 13.8 Å². The Labute approximate surface area is 147 Å². The summed E-state index contributed by atoms with van der Waals surface area (Å²) in [6.45, 7) is 3.18. The van der Waals surface area contributed by atoms with Gasteiger partial charge >= 0.3 is 0 Å². The molecule has 2 heterocycles. The van der Waals surface area contributed by atoms with Gasteiger partial charge in [-0.3, -0.25) is 14.2 Å². The van der Waals surface area contributed by atoms with Crippen LogP contribution in [0.1, 0.15) is 22.5 Å². The smallest absolute Gasteiger partial charge is 0.282 e. The molecular weight excluding hydrogens is 334 g/mol. The van der Waals surface area contributed by atoms with Gasteiger partial charge in [0.25, 0.3) is 11.1 Å². The second-order valence-corrected chi connectivity index (χ2v) is 5.75. The van der Waals surface area contributed by atoms with E-state index in [2.05, 4.69) is 10.1 Å². The van der Waals surface area contributed by atoms with Crippen LogP contribution < -0.4 is 11.1 Å². The molecular formula is C18H15N5O3. The van der Waals surface area contributed by atoms with E-state index in [1.165, 1.54) is 20.2 Å². The maximum atomic E-state index is 12.6. The van der Waals surface area contributed by atoms with Crippen molar-refractivity contribution in [1.29, 1.82) is 5.26 Å². The van der Waals surface area contributed by atoms with E-state index in [1.807, 2.05) is 6.07 Å². The third-order valence-corrected chi connectivity index (χ3v) is 4.19. The van der Waals surface area contributed by atoms with E-state index in [0.717, 1.165) is 9.24 Å². The molecule has 3 aromatic rings. The molecule has 0 radical (unpaired) electrons. The fraction of sp³-hybridized carbons (Fsp3) is 0.167. The molecule has 0 amide bonds. The topological polar surface area (TPSA) is 113 Å². The van der Waals surface area contributed by atoms with Crippen molar-refractivity contribution in [3.8, 4) is 11.9 Å². The van der Waals surface area contributed by atoms with E-state index >= 15 is 0 Å². The molecule has 8 nitrogen and oxygen atoms in total. The van der Waals surface area contributed by atoms with Gasteiger partial charge in [0.05, 0.1) is 22.7 Å². The van der Waals surface area contributed by atoms with Crippen LogP contribution in [0.3, 0.4) is 0 Å². The summed E-state index contributed by atoms with van der Waals surface area (Å²) < 4.78 is 2.07. The molecule has 0 bridgehead atoms. The molecule has 0 spiro atoms. The molecule has 0 fully saturated rings. The summed E-state index contributed by atoms with van der Waals surface area (Å²) in [5, 5.41) is 23.9. The Bertz CT molecular complexity index is 1230. The average Bonchev–Trinajstić information content (AvgIpc) is 2.62. The maximum absolute atomic E-state index is 12.6. The van der Waals surface area contributed by atoms with Gasteiger partial charge in [0.1, 0.15) is 17.5 Å². The number of aromatic hydroxyl groups is 1. The van der Waals surface area contributed by atoms with Crippen LogP contribution in [0.15, 0.2) is 39.0 Å². The minimum absolute atomic E-state index is 0.0903. The third-order valence-electron chi connectivity index (χ3n) is 4.19. The summed E-state index contributed by atoms with van der Waals surface area (Å²) in [7, 11) is 1.35. The number of benzene rings is 1. The van der Waals surface area contributed by atoms with E-state index in [4.69, 9.17) is 0 Å². The van der Waals surface area contributed by atoms with E-state index in [0.29, 0.717) is 16.7 Å². The fourth-order valence-electron chi connectivity index (χ4n) is 2.68.